The van der Waals surface area contributed by atoms with Gasteiger partial charge in [-0.3, -0.25) is 4.79 Å². The highest BCUT2D eigenvalue weighted by Crippen LogP contribution is 2.23. The lowest BCUT2D eigenvalue weighted by atomic mass is 10.1. The second-order valence-corrected chi connectivity index (χ2v) is 6.42. The molecule has 0 spiro atoms. The molecule has 1 heterocycles. The van der Waals surface area contributed by atoms with Crippen molar-refractivity contribution in [1.29, 1.82) is 0 Å². The zero-order chi connectivity index (χ0) is 21.0. The highest BCUT2D eigenvalue weighted by molar-refractivity contribution is 6.02. The molecule has 1 amide bonds. The van der Waals surface area contributed by atoms with Crippen LogP contribution in [0.5, 0.6) is 5.75 Å². The van der Waals surface area contributed by atoms with Crippen molar-refractivity contribution in [2.45, 2.75) is 26.9 Å². The number of carbonyl (C=O) groups excluding carboxylic acids is 2. The zero-order valence-corrected chi connectivity index (χ0v) is 16.4. The van der Waals surface area contributed by atoms with E-state index in [1.807, 2.05) is 6.92 Å². The average molecular weight is 395 g/mol. The summed E-state index contributed by atoms with van der Waals surface area (Å²) in [5, 5.41) is 3.48. The van der Waals surface area contributed by atoms with Gasteiger partial charge in [-0.25, -0.2) is 9.59 Å². The SMILES string of the molecule is CCOC(=O)c1ccccc1NC(=O)C(C)Oc1ccc2c(C)cc(=O)oc2c1. The molecular weight excluding hydrogens is 374 g/mol. The third kappa shape index (κ3) is 4.63. The van der Waals surface area contributed by atoms with Crippen LogP contribution in [0.3, 0.4) is 0 Å². The molecule has 0 aliphatic rings. The van der Waals surface area contributed by atoms with Gasteiger partial charge in [0.1, 0.15) is 11.3 Å². The quantitative estimate of drug-likeness (QED) is 0.505. The molecule has 150 valence electrons. The summed E-state index contributed by atoms with van der Waals surface area (Å²) in [7, 11) is 0. The average Bonchev–Trinajstić information content (AvgIpc) is 2.68. The lowest BCUT2D eigenvalue weighted by molar-refractivity contribution is -0.122. The van der Waals surface area contributed by atoms with Gasteiger partial charge in [-0.2, -0.15) is 0 Å². The van der Waals surface area contributed by atoms with E-state index in [1.54, 1.807) is 56.3 Å². The van der Waals surface area contributed by atoms with Gasteiger partial charge in [0.2, 0.25) is 0 Å². The van der Waals surface area contributed by atoms with Crippen molar-refractivity contribution >= 4 is 28.5 Å². The maximum Gasteiger partial charge on any atom is 0.340 e. The molecule has 7 nitrogen and oxygen atoms in total. The normalized spacial score (nSPS) is 11.7. The Kier molecular flexibility index (Phi) is 5.97. The molecule has 0 radical (unpaired) electrons. The molecule has 29 heavy (non-hydrogen) atoms. The molecule has 1 aromatic heterocycles. The van der Waals surface area contributed by atoms with E-state index in [1.165, 1.54) is 6.07 Å². The predicted octanol–water partition coefficient (Wildman–Crippen LogP) is 3.68. The lowest BCUT2D eigenvalue weighted by Gasteiger charge is -2.16. The summed E-state index contributed by atoms with van der Waals surface area (Å²) in [5.41, 5.74) is 1.33. The Balaban J connectivity index is 1.76. The van der Waals surface area contributed by atoms with Crippen LogP contribution in [0, 0.1) is 6.92 Å². The number of ether oxygens (including phenoxy) is 2. The van der Waals surface area contributed by atoms with Crippen molar-refractivity contribution < 1.29 is 23.5 Å². The topological polar surface area (TPSA) is 94.8 Å². The molecule has 1 atom stereocenters. The third-order valence-corrected chi connectivity index (χ3v) is 4.29. The number of hydrogen-bond acceptors (Lipinski definition) is 6. The Labute approximate surface area is 167 Å². The Morgan fingerprint density at radius 1 is 1.14 bits per heavy atom. The van der Waals surface area contributed by atoms with Crippen molar-refractivity contribution in [3.63, 3.8) is 0 Å². The van der Waals surface area contributed by atoms with Gasteiger partial charge >= 0.3 is 11.6 Å². The second-order valence-electron chi connectivity index (χ2n) is 6.42. The highest BCUT2D eigenvalue weighted by Gasteiger charge is 2.19. The van der Waals surface area contributed by atoms with Crippen LogP contribution in [0.15, 0.2) is 57.7 Å². The first-order valence-electron chi connectivity index (χ1n) is 9.17. The first kappa shape index (κ1) is 20.1. The van der Waals surface area contributed by atoms with Crippen molar-refractivity contribution in [2.75, 3.05) is 11.9 Å². The summed E-state index contributed by atoms with van der Waals surface area (Å²) in [5.74, 6) is -0.572. The molecule has 7 heteroatoms. The molecule has 0 bridgehead atoms. The van der Waals surface area contributed by atoms with Crippen molar-refractivity contribution in [3.8, 4) is 5.75 Å². The van der Waals surface area contributed by atoms with Crippen LogP contribution in [0.25, 0.3) is 11.0 Å². The van der Waals surface area contributed by atoms with Crippen LogP contribution >= 0.6 is 0 Å². The van der Waals surface area contributed by atoms with Gasteiger partial charge < -0.3 is 19.2 Å². The van der Waals surface area contributed by atoms with Gasteiger partial charge in [0, 0.05) is 17.5 Å². The number of aryl methyl sites for hydroxylation is 1. The minimum Gasteiger partial charge on any atom is -0.481 e. The van der Waals surface area contributed by atoms with Crippen LogP contribution in [0.1, 0.15) is 29.8 Å². The van der Waals surface area contributed by atoms with Crippen molar-refractivity contribution in [2.24, 2.45) is 0 Å². The molecule has 1 unspecified atom stereocenters. The van der Waals surface area contributed by atoms with Crippen molar-refractivity contribution in [1.82, 2.24) is 0 Å². The van der Waals surface area contributed by atoms with Gasteiger partial charge in [-0.15, -0.1) is 0 Å². The van der Waals surface area contributed by atoms with E-state index >= 15 is 0 Å². The zero-order valence-electron chi connectivity index (χ0n) is 16.4. The molecular formula is C22H21NO6. The van der Waals surface area contributed by atoms with E-state index in [-0.39, 0.29) is 12.2 Å². The highest BCUT2D eigenvalue weighted by atomic mass is 16.5. The number of esters is 1. The minimum absolute atomic E-state index is 0.234. The third-order valence-electron chi connectivity index (χ3n) is 4.29. The number of amides is 1. The molecule has 0 saturated carbocycles. The monoisotopic (exact) mass is 395 g/mol. The van der Waals surface area contributed by atoms with Crippen LogP contribution in [-0.2, 0) is 9.53 Å². The maximum absolute atomic E-state index is 12.6. The van der Waals surface area contributed by atoms with Gasteiger partial charge in [-0.1, -0.05) is 12.1 Å². The van der Waals surface area contributed by atoms with Crippen LogP contribution in [0.4, 0.5) is 5.69 Å². The van der Waals surface area contributed by atoms with E-state index < -0.39 is 23.6 Å². The van der Waals surface area contributed by atoms with Crippen LogP contribution < -0.4 is 15.7 Å². The van der Waals surface area contributed by atoms with E-state index in [0.717, 1.165) is 10.9 Å². The molecule has 0 aliphatic carbocycles. The molecule has 0 fully saturated rings. The molecule has 0 saturated heterocycles. The first-order valence-corrected chi connectivity index (χ1v) is 9.17. The van der Waals surface area contributed by atoms with Crippen LogP contribution in [-0.4, -0.2) is 24.6 Å². The largest absolute Gasteiger partial charge is 0.481 e. The summed E-state index contributed by atoms with van der Waals surface area (Å²) < 4.78 is 15.9. The van der Waals surface area contributed by atoms with E-state index in [4.69, 9.17) is 13.9 Å². The molecule has 0 aliphatic heterocycles. The molecule has 2 aromatic carbocycles. The standard InChI is InChI=1S/C22H21NO6/c1-4-27-22(26)17-7-5-6-8-18(17)23-21(25)14(3)28-15-9-10-16-13(2)11-20(24)29-19(16)12-15/h5-12,14H,4H2,1-3H3,(H,23,25). The summed E-state index contributed by atoms with van der Waals surface area (Å²) in [6, 6.07) is 13.0. The van der Waals surface area contributed by atoms with Gasteiger partial charge in [0.25, 0.3) is 5.91 Å². The van der Waals surface area contributed by atoms with Crippen LogP contribution in [0.2, 0.25) is 0 Å². The second kappa shape index (κ2) is 8.60. The van der Waals surface area contributed by atoms with Gasteiger partial charge in [-0.05, 0) is 50.6 Å². The Hall–Kier alpha value is -3.61. The smallest absolute Gasteiger partial charge is 0.340 e. The number of benzene rings is 2. The summed E-state index contributed by atoms with van der Waals surface area (Å²) in [6.45, 7) is 5.34. The molecule has 3 rings (SSSR count). The van der Waals surface area contributed by atoms with E-state index in [0.29, 0.717) is 17.0 Å². The maximum atomic E-state index is 12.6. The summed E-state index contributed by atoms with van der Waals surface area (Å²) in [6.07, 6.45) is -0.862. The minimum atomic E-state index is -0.862. The molecule has 3 aromatic rings. The number of fused-ring (bicyclic) bond motifs is 1. The fourth-order valence-corrected chi connectivity index (χ4v) is 2.85. The number of anilines is 1. The Morgan fingerprint density at radius 2 is 1.90 bits per heavy atom. The number of rotatable bonds is 6. The molecule has 1 N–H and O–H groups in total. The first-order chi connectivity index (χ1) is 13.9. The number of hydrogen-bond donors (Lipinski definition) is 1. The Bertz CT molecular complexity index is 1120. The van der Waals surface area contributed by atoms with E-state index in [2.05, 4.69) is 5.32 Å². The van der Waals surface area contributed by atoms with Gasteiger partial charge in [0.15, 0.2) is 6.10 Å². The Morgan fingerprint density at radius 3 is 2.66 bits per heavy atom. The van der Waals surface area contributed by atoms with Gasteiger partial charge in [0.05, 0.1) is 17.9 Å². The fourth-order valence-electron chi connectivity index (χ4n) is 2.85. The fraction of sp³-hybridized carbons (Fsp3) is 0.227. The van der Waals surface area contributed by atoms with E-state index in [9.17, 15) is 14.4 Å². The predicted molar refractivity (Wildman–Crippen MR) is 108 cm³/mol. The summed E-state index contributed by atoms with van der Waals surface area (Å²) in [4.78, 5) is 36.2. The number of nitrogens with one attached hydrogen (secondary N) is 1. The number of carbonyl (C=O) groups is 2. The number of para-hydroxylation sites is 1. The summed E-state index contributed by atoms with van der Waals surface area (Å²) >= 11 is 0. The van der Waals surface area contributed by atoms with Crippen molar-refractivity contribution in [3.05, 3.63) is 70.1 Å². The lowest BCUT2D eigenvalue weighted by Crippen LogP contribution is -2.30.